The van der Waals surface area contributed by atoms with E-state index >= 15 is 0 Å². The lowest BCUT2D eigenvalue weighted by Gasteiger charge is -2.13. The predicted molar refractivity (Wildman–Crippen MR) is 48.4 cm³/mol. The van der Waals surface area contributed by atoms with Crippen molar-refractivity contribution >= 4 is 10.0 Å². The highest BCUT2D eigenvalue weighted by Crippen LogP contribution is 2.14. The summed E-state index contributed by atoms with van der Waals surface area (Å²) in [5.41, 5.74) is 0. The minimum atomic E-state index is -3.04. The van der Waals surface area contributed by atoms with Gasteiger partial charge in [-0.3, -0.25) is 0 Å². The zero-order valence-corrected chi connectivity index (χ0v) is 8.56. The third-order valence-electron chi connectivity index (χ3n) is 2.16. The largest absolute Gasteiger partial charge is 0.304 e. The van der Waals surface area contributed by atoms with E-state index in [0.717, 1.165) is 13.1 Å². The molecule has 0 radical (unpaired) electrons. The van der Waals surface area contributed by atoms with Crippen LogP contribution in [0.2, 0.25) is 0 Å². The van der Waals surface area contributed by atoms with E-state index in [2.05, 4.69) is 16.5 Å². The van der Waals surface area contributed by atoms with Crippen molar-refractivity contribution in [3.63, 3.8) is 0 Å². The van der Waals surface area contributed by atoms with Gasteiger partial charge in [0.15, 0.2) is 0 Å². The molecule has 72 valence electrons. The minimum Gasteiger partial charge on any atom is -0.304 e. The molecule has 1 fully saturated rings. The molecule has 12 heavy (non-hydrogen) atoms. The molecule has 0 aromatic carbocycles. The van der Waals surface area contributed by atoms with Crippen LogP contribution in [0, 0.1) is 5.92 Å². The number of nitrogens with zero attached hydrogens (tertiary/aromatic N) is 1. The summed E-state index contributed by atoms with van der Waals surface area (Å²) in [6.45, 7) is 3.84. The number of rotatable bonds is 2. The Kier molecular flexibility index (Phi) is 2.75. The molecule has 2 atom stereocenters. The van der Waals surface area contributed by atoms with Crippen LogP contribution in [0.1, 0.15) is 6.92 Å². The molecule has 5 heteroatoms. The third kappa shape index (κ3) is 2.73. The van der Waals surface area contributed by atoms with Crippen LogP contribution >= 0.6 is 0 Å². The Morgan fingerprint density at radius 3 is 2.33 bits per heavy atom. The first kappa shape index (κ1) is 9.95. The van der Waals surface area contributed by atoms with E-state index in [1.807, 2.05) is 7.05 Å². The van der Waals surface area contributed by atoms with E-state index in [-0.39, 0.29) is 6.04 Å². The van der Waals surface area contributed by atoms with Crippen molar-refractivity contribution in [1.82, 2.24) is 9.62 Å². The molecule has 1 aliphatic rings. The van der Waals surface area contributed by atoms with Crippen LogP contribution in [0.25, 0.3) is 0 Å². The van der Waals surface area contributed by atoms with Gasteiger partial charge in [-0.1, -0.05) is 6.92 Å². The van der Waals surface area contributed by atoms with Gasteiger partial charge in [-0.2, -0.15) is 0 Å². The van der Waals surface area contributed by atoms with Gasteiger partial charge in [0.1, 0.15) is 0 Å². The average molecular weight is 192 g/mol. The van der Waals surface area contributed by atoms with Gasteiger partial charge < -0.3 is 4.90 Å². The van der Waals surface area contributed by atoms with Crippen LogP contribution in [0.15, 0.2) is 0 Å². The first-order chi connectivity index (χ1) is 5.38. The quantitative estimate of drug-likeness (QED) is 0.641. The molecule has 2 unspecified atom stereocenters. The lowest BCUT2D eigenvalue weighted by Crippen LogP contribution is -2.38. The number of sulfonamides is 1. The van der Waals surface area contributed by atoms with Gasteiger partial charge in [0.05, 0.1) is 6.26 Å². The van der Waals surface area contributed by atoms with E-state index < -0.39 is 10.0 Å². The maximum Gasteiger partial charge on any atom is 0.209 e. The third-order valence-corrected chi connectivity index (χ3v) is 2.89. The fourth-order valence-electron chi connectivity index (χ4n) is 1.64. The summed E-state index contributed by atoms with van der Waals surface area (Å²) in [6, 6.07) is 0.0880. The first-order valence-corrected chi connectivity index (χ1v) is 5.93. The highest BCUT2D eigenvalue weighted by Gasteiger charge is 2.28. The molecule has 1 aliphatic heterocycles. The second-order valence-electron chi connectivity index (χ2n) is 3.70. The Bertz CT molecular complexity index is 250. The number of likely N-dealkylation sites (tertiary alicyclic amines) is 1. The molecule has 0 spiro atoms. The van der Waals surface area contributed by atoms with Crippen molar-refractivity contribution in [3.05, 3.63) is 0 Å². The van der Waals surface area contributed by atoms with Crippen molar-refractivity contribution < 1.29 is 8.42 Å². The summed E-state index contributed by atoms with van der Waals surface area (Å²) >= 11 is 0. The smallest absolute Gasteiger partial charge is 0.209 e. The van der Waals surface area contributed by atoms with Crippen LogP contribution in [-0.2, 0) is 10.0 Å². The zero-order chi connectivity index (χ0) is 9.35. The number of likely N-dealkylation sites (N-methyl/N-ethyl adjacent to an activating group) is 1. The molecular formula is C7H16N2O2S. The van der Waals surface area contributed by atoms with Gasteiger partial charge in [0.2, 0.25) is 10.0 Å². The molecule has 4 nitrogen and oxygen atoms in total. The second-order valence-corrected chi connectivity index (χ2v) is 5.48. The molecule has 1 N–H and O–H groups in total. The SMILES string of the molecule is CC1CN(C)CC1NS(C)(=O)=O. The molecular weight excluding hydrogens is 176 g/mol. The average Bonchev–Trinajstić information content (AvgIpc) is 2.06. The van der Waals surface area contributed by atoms with Crippen molar-refractivity contribution in [3.8, 4) is 0 Å². The molecule has 0 aromatic heterocycles. The molecule has 1 rings (SSSR count). The Hall–Kier alpha value is -0.130. The van der Waals surface area contributed by atoms with Crippen molar-refractivity contribution in [2.24, 2.45) is 5.92 Å². The van der Waals surface area contributed by atoms with E-state index in [4.69, 9.17) is 0 Å². The fraction of sp³-hybridized carbons (Fsp3) is 1.00. The Labute approximate surface area is 74.0 Å². The molecule has 0 bridgehead atoms. The summed E-state index contributed by atoms with van der Waals surface area (Å²) in [4.78, 5) is 2.13. The van der Waals surface area contributed by atoms with Crippen LogP contribution in [0.3, 0.4) is 0 Å². The lowest BCUT2D eigenvalue weighted by atomic mass is 10.1. The van der Waals surface area contributed by atoms with Crippen LogP contribution in [0.4, 0.5) is 0 Å². The van der Waals surface area contributed by atoms with E-state index in [1.54, 1.807) is 0 Å². The molecule has 1 heterocycles. The summed E-state index contributed by atoms with van der Waals surface area (Å²) in [7, 11) is -1.04. The van der Waals surface area contributed by atoms with Crippen molar-refractivity contribution in [1.29, 1.82) is 0 Å². The zero-order valence-electron chi connectivity index (χ0n) is 7.74. The topological polar surface area (TPSA) is 49.4 Å². The predicted octanol–water partition coefficient (Wildman–Crippen LogP) is -0.514. The Balaban J connectivity index is 2.55. The van der Waals surface area contributed by atoms with Crippen LogP contribution < -0.4 is 4.72 Å². The normalized spacial score (nSPS) is 32.6. The lowest BCUT2D eigenvalue weighted by molar-refractivity contribution is 0.400. The van der Waals surface area contributed by atoms with Gasteiger partial charge in [0, 0.05) is 19.1 Å². The summed E-state index contributed by atoms with van der Waals surface area (Å²) < 4.78 is 24.4. The number of nitrogens with one attached hydrogen (secondary N) is 1. The second kappa shape index (κ2) is 3.32. The molecule has 0 aliphatic carbocycles. The van der Waals surface area contributed by atoms with E-state index in [1.165, 1.54) is 6.26 Å². The molecule has 1 saturated heterocycles. The van der Waals surface area contributed by atoms with Gasteiger partial charge in [-0.05, 0) is 13.0 Å². The molecule has 0 amide bonds. The van der Waals surface area contributed by atoms with E-state index in [0.29, 0.717) is 5.92 Å². The monoisotopic (exact) mass is 192 g/mol. The van der Waals surface area contributed by atoms with Crippen molar-refractivity contribution in [2.75, 3.05) is 26.4 Å². The summed E-state index contributed by atoms with van der Waals surface area (Å²) in [5, 5.41) is 0. The molecule has 0 aromatic rings. The fourth-order valence-corrected chi connectivity index (χ4v) is 2.49. The van der Waals surface area contributed by atoms with Crippen molar-refractivity contribution in [2.45, 2.75) is 13.0 Å². The van der Waals surface area contributed by atoms with Gasteiger partial charge in [-0.25, -0.2) is 13.1 Å². The highest BCUT2D eigenvalue weighted by atomic mass is 32.2. The maximum absolute atomic E-state index is 10.9. The maximum atomic E-state index is 10.9. The van der Waals surface area contributed by atoms with Gasteiger partial charge >= 0.3 is 0 Å². The van der Waals surface area contributed by atoms with E-state index in [9.17, 15) is 8.42 Å². The Morgan fingerprint density at radius 2 is 2.00 bits per heavy atom. The minimum absolute atomic E-state index is 0.0880. The van der Waals surface area contributed by atoms with Crippen LogP contribution in [0.5, 0.6) is 0 Å². The number of hydrogen-bond acceptors (Lipinski definition) is 3. The van der Waals surface area contributed by atoms with Gasteiger partial charge in [0.25, 0.3) is 0 Å². The van der Waals surface area contributed by atoms with Crippen LogP contribution in [-0.4, -0.2) is 45.8 Å². The molecule has 0 saturated carbocycles. The number of hydrogen-bond donors (Lipinski definition) is 1. The first-order valence-electron chi connectivity index (χ1n) is 4.04. The summed E-state index contributed by atoms with van der Waals surface area (Å²) in [6.07, 6.45) is 1.21. The summed E-state index contributed by atoms with van der Waals surface area (Å²) in [5.74, 6) is 0.407. The van der Waals surface area contributed by atoms with Gasteiger partial charge in [-0.15, -0.1) is 0 Å². The highest BCUT2D eigenvalue weighted by molar-refractivity contribution is 7.88. The standard InChI is InChI=1S/C7H16N2O2S/c1-6-4-9(2)5-7(6)8-12(3,10)11/h6-8H,4-5H2,1-3H3. The Morgan fingerprint density at radius 1 is 1.42 bits per heavy atom.